The molecule has 2 nitrogen and oxygen atoms in total. The molecule has 2 rings (SSSR count). The average molecular weight is 317 g/mol. The average Bonchev–Trinajstić information content (AvgIpc) is 2.50. The highest BCUT2D eigenvalue weighted by Crippen LogP contribution is 2.15. The number of rotatable bonds is 7. The maximum atomic E-state index is 6.10. The number of nitrogens with one attached hydrogen (secondary N) is 1. The number of halogens is 1. The molecule has 0 bridgehead atoms. The lowest BCUT2D eigenvalue weighted by Crippen LogP contribution is -2.17. The van der Waals surface area contributed by atoms with Crippen molar-refractivity contribution in [1.82, 2.24) is 10.3 Å². The first-order chi connectivity index (χ1) is 10.6. The molecule has 22 heavy (non-hydrogen) atoms. The molecule has 0 amide bonds. The summed E-state index contributed by atoms with van der Waals surface area (Å²) < 4.78 is 0. The first-order valence-electron chi connectivity index (χ1n) is 8.05. The summed E-state index contributed by atoms with van der Waals surface area (Å²) in [6.45, 7) is 8.23. The quantitative estimate of drug-likeness (QED) is 0.761. The number of pyridine rings is 1. The van der Waals surface area contributed by atoms with Gasteiger partial charge in [-0.1, -0.05) is 31.5 Å². The van der Waals surface area contributed by atoms with Gasteiger partial charge < -0.3 is 5.32 Å². The van der Waals surface area contributed by atoms with E-state index < -0.39 is 0 Å². The fourth-order valence-corrected chi connectivity index (χ4v) is 3.00. The van der Waals surface area contributed by atoms with E-state index in [2.05, 4.69) is 43.2 Å². The van der Waals surface area contributed by atoms with Crippen LogP contribution in [-0.4, -0.2) is 11.5 Å². The zero-order chi connectivity index (χ0) is 15.9. The summed E-state index contributed by atoms with van der Waals surface area (Å²) in [5.41, 5.74) is 6.41. The van der Waals surface area contributed by atoms with Gasteiger partial charge in [0.05, 0.1) is 0 Å². The minimum absolute atomic E-state index is 0.812. The third kappa shape index (κ3) is 4.82. The Hall–Kier alpha value is -1.38. The van der Waals surface area contributed by atoms with Gasteiger partial charge >= 0.3 is 0 Å². The maximum absolute atomic E-state index is 6.10. The van der Waals surface area contributed by atoms with Gasteiger partial charge in [0.15, 0.2) is 0 Å². The molecule has 0 saturated carbocycles. The Bertz CT molecular complexity index is 603. The van der Waals surface area contributed by atoms with Crippen LogP contribution in [0.3, 0.4) is 0 Å². The highest BCUT2D eigenvalue weighted by atomic mass is 35.5. The number of hydrogen-bond acceptors (Lipinski definition) is 2. The van der Waals surface area contributed by atoms with Crippen molar-refractivity contribution in [3.05, 3.63) is 63.4 Å². The predicted octanol–water partition coefficient (Wildman–Crippen LogP) is 4.50. The zero-order valence-corrected chi connectivity index (χ0v) is 14.5. The lowest BCUT2D eigenvalue weighted by Gasteiger charge is -2.11. The fraction of sp³-hybridized carbons (Fsp3) is 0.421. The first kappa shape index (κ1) is 17.0. The third-order valence-electron chi connectivity index (χ3n) is 3.88. The van der Waals surface area contributed by atoms with Crippen LogP contribution < -0.4 is 5.32 Å². The smallest absolute Gasteiger partial charge is 0.0411 e. The molecule has 0 atom stereocenters. The normalized spacial score (nSPS) is 10.9. The molecule has 0 aliphatic carbocycles. The van der Waals surface area contributed by atoms with Crippen LogP contribution in [0, 0.1) is 6.92 Å². The Morgan fingerprint density at radius 1 is 1.05 bits per heavy atom. The molecule has 1 aromatic carbocycles. The molecule has 0 unspecified atom stereocenters. The van der Waals surface area contributed by atoms with Crippen molar-refractivity contribution in [2.24, 2.45) is 0 Å². The van der Waals surface area contributed by atoms with E-state index in [0.717, 1.165) is 37.4 Å². The molecule has 1 N–H and O–H groups in total. The number of hydrogen-bond donors (Lipinski definition) is 1. The Labute approximate surface area is 138 Å². The minimum atomic E-state index is 0.812. The Morgan fingerprint density at radius 2 is 1.86 bits per heavy atom. The molecule has 2 aromatic rings. The van der Waals surface area contributed by atoms with Gasteiger partial charge in [-0.2, -0.15) is 0 Å². The second-order valence-corrected chi connectivity index (χ2v) is 6.15. The number of aromatic nitrogens is 1. The van der Waals surface area contributed by atoms with E-state index in [-0.39, 0.29) is 0 Å². The van der Waals surface area contributed by atoms with Gasteiger partial charge in [-0.15, -0.1) is 0 Å². The Morgan fingerprint density at radius 3 is 2.55 bits per heavy atom. The van der Waals surface area contributed by atoms with E-state index in [9.17, 15) is 0 Å². The van der Waals surface area contributed by atoms with Crippen molar-refractivity contribution < 1.29 is 0 Å². The molecular weight excluding hydrogens is 292 g/mol. The third-order valence-corrected chi connectivity index (χ3v) is 4.10. The fourth-order valence-electron chi connectivity index (χ4n) is 2.69. The van der Waals surface area contributed by atoms with Crippen LogP contribution in [0.25, 0.3) is 0 Å². The Balaban J connectivity index is 1.90. The molecule has 1 aromatic heterocycles. The topological polar surface area (TPSA) is 24.9 Å². The van der Waals surface area contributed by atoms with Crippen LogP contribution in [0.2, 0.25) is 5.02 Å². The lowest BCUT2D eigenvalue weighted by atomic mass is 10.0. The van der Waals surface area contributed by atoms with E-state index in [4.69, 9.17) is 11.6 Å². The summed E-state index contributed by atoms with van der Waals surface area (Å²) in [4.78, 5) is 4.49. The monoisotopic (exact) mass is 316 g/mol. The van der Waals surface area contributed by atoms with E-state index in [0.29, 0.717) is 0 Å². The summed E-state index contributed by atoms with van der Waals surface area (Å²) in [6, 6.07) is 8.45. The zero-order valence-electron chi connectivity index (χ0n) is 13.7. The molecule has 0 aliphatic heterocycles. The second-order valence-electron chi connectivity index (χ2n) is 5.72. The van der Waals surface area contributed by atoms with Crippen LogP contribution in [0.4, 0.5) is 0 Å². The Kier molecular flexibility index (Phi) is 6.41. The number of nitrogens with zero attached hydrogens (tertiary/aromatic N) is 1. The van der Waals surface area contributed by atoms with Gasteiger partial charge in [0.1, 0.15) is 0 Å². The summed E-state index contributed by atoms with van der Waals surface area (Å²) in [6.07, 6.45) is 5.11. The predicted molar refractivity (Wildman–Crippen MR) is 94.6 cm³/mol. The molecule has 0 saturated heterocycles. The van der Waals surface area contributed by atoms with Gasteiger partial charge in [-0.3, -0.25) is 4.98 Å². The molecule has 0 fully saturated rings. The standard InChI is InChI=1S/C19H25ClN2/c1-4-16-13-22-19(5-2)11-17(16)6-7-21-12-15-8-14(3)9-18(20)10-15/h8-11,13,21H,4-7,12H2,1-3H3. The van der Waals surface area contributed by atoms with Gasteiger partial charge in [0.25, 0.3) is 0 Å². The largest absolute Gasteiger partial charge is 0.312 e. The maximum Gasteiger partial charge on any atom is 0.0411 e. The van der Waals surface area contributed by atoms with Crippen LogP contribution >= 0.6 is 11.6 Å². The molecule has 3 heteroatoms. The second kappa shape index (κ2) is 8.30. The van der Waals surface area contributed by atoms with Gasteiger partial charge in [-0.05, 0) is 73.2 Å². The molecule has 0 aliphatic rings. The summed E-state index contributed by atoms with van der Waals surface area (Å²) in [7, 11) is 0. The van der Waals surface area contributed by atoms with Crippen molar-refractivity contribution >= 4 is 11.6 Å². The van der Waals surface area contributed by atoms with Crippen molar-refractivity contribution in [3.8, 4) is 0 Å². The van der Waals surface area contributed by atoms with Gasteiger partial charge in [-0.25, -0.2) is 0 Å². The number of benzene rings is 1. The lowest BCUT2D eigenvalue weighted by molar-refractivity contribution is 0.683. The molecule has 1 heterocycles. The van der Waals surface area contributed by atoms with Crippen LogP contribution in [0.15, 0.2) is 30.5 Å². The van der Waals surface area contributed by atoms with Crippen LogP contribution in [-0.2, 0) is 25.8 Å². The van der Waals surface area contributed by atoms with Crippen molar-refractivity contribution in [3.63, 3.8) is 0 Å². The van der Waals surface area contributed by atoms with E-state index in [1.54, 1.807) is 0 Å². The van der Waals surface area contributed by atoms with E-state index in [1.165, 1.54) is 27.9 Å². The molecule has 0 radical (unpaired) electrons. The highest BCUT2D eigenvalue weighted by molar-refractivity contribution is 6.30. The van der Waals surface area contributed by atoms with Gasteiger partial charge in [0.2, 0.25) is 0 Å². The van der Waals surface area contributed by atoms with E-state index in [1.807, 2.05) is 18.3 Å². The summed E-state index contributed by atoms with van der Waals surface area (Å²) in [5.74, 6) is 0. The molecule has 0 spiro atoms. The summed E-state index contributed by atoms with van der Waals surface area (Å²) in [5, 5.41) is 4.33. The van der Waals surface area contributed by atoms with Crippen LogP contribution in [0.1, 0.15) is 41.8 Å². The molecular formula is C19H25ClN2. The van der Waals surface area contributed by atoms with Crippen molar-refractivity contribution in [1.29, 1.82) is 0 Å². The van der Waals surface area contributed by atoms with Crippen molar-refractivity contribution in [2.45, 2.75) is 46.6 Å². The highest BCUT2D eigenvalue weighted by Gasteiger charge is 2.04. The number of aryl methyl sites for hydroxylation is 3. The van der Waals surface area contributed by atoms with E-state index >= 15 is 0 Å². The van der Waals surface area contributed by atoms with Gasteiger partial charge in [0, 0.05) is 23.5 Å². The first-order valence-corrected chi connectivity index (χ1v) is 8.43. The summed E-state index contributed by atoms with van der Waals surface area (Å²) >= 11 is 6.10. The minimum Gasteiger partial charge on any atom is -0.312 e. The molecule has 118 valence electrons. The van der Waals surface area contributed by atoms with Crippen LogP contribution in [0.5, 0.6) is 0 Å². The van der Waals surface area contributed by atoms with Crippen molar-refractivity contribution in [2.75, 3.05) is 6.54 Å². The SMILES string of the molecule is CCc1cc(CCNCc2cc(C)cc(Cl)c2)c(CC)cn1.